The molecule has 0 unspecified atom stereocenters. The smallest absolute Gasteiger partial charge is 0.200 e. The van der Waals surface area contributed by atoms with Gasteiger partial charge in [0.2, 0.25) is 5.96 Å². The average Bonchev–Trinajstić information content (AvgIpc) is 2.66. The molecule has 0 radical (unpaired) electrons. The fourth-order valence-electron chi connectivity index (χ4n) is 2.97. The van der Waals surface area contributed by atoms with Crippen LogP contribution in [0.25, 0.3) is 0 Å². The largest absolute Gasteiger partial charge is 0.326 e. The van der Waals surface area contributed by atoms with Gasteiger partial charge in [0.05, 0.1) is 6.04 Å². The van der Waals surface area contributed by atoms with Gasteiger partial charge in [-0.1, -0.05) is 65.7 Å². The highest BCUT2D eigenvalue weighted by atomic mass is 15.3. The van der Waals surface area contributed by atoms with Crippen molar-refractivity contribution >= 4 is 17.3 Å². The molecule has 0 bridgehead atoms. The Balaban J connectivity index is 1.92. The average molecular weight is 343 g/mol. The molecule has 0 spiro atoms. The van der Waals surface area contributed by atoms with Gasteiger partial charge in [-0.25, -0.2) is 0 Å². The third kappa shape index (κ3) is 4.12. The predicted molar refractivity (Wildman–Crippen MR) is 111 cm³/mol. The zero-order valence-corrected chi connectivity index (χ0v) is 15.5. The lowest BCUT2D eigenvalue weighted by atomic mass is 10.1. The SMILES string of the molecule is Cc1ccc(NC(=N)N(c2ccc(C)cc2)[C@@H](C)c2ccccc2)cc1. The van der Waals surface area contributed by atoms with Gasteiger partial charge in [-0.2, -0.15) is 0 Å². The second kappa shape index (κ2) is 7.87. The van der Waals surface area contributed by atoms with Crippen molar-refractivity contribution in [2.45, 2.75) is 26.8 Å². The number of guanidine groups is 1. The van der Waals surface area contributed by atoms with Crippen molar-refractivity contribution in [3.63, 3.8) is 0 Å². The van der Waals surface area contributed by atoms with Gasteiger partial charge in [0.25, 0.3) is 0 Å². The van der Waals surface area contributed by atoms with Crippen LogP contribution in [0.15, 0.2) is 78.9 Å². The van der Waals surface area contributed by atoms with Crippen LogP contribution in [0.2, 0.25) is 0 Å². The molecule has 0 saturated heterocycles. The fraction of sp³-hybridized carbons (Fsp3) is 0.174. The summed E-state index contributed by atoms with van der Waals surface area (Å²) in [6.45, 7) is 6.26. The lowest BCUT2D eigenvalue weighted by Crippen LogP contribution is -2.37. The van der Waals surface area contributed by atoms with E-state index in [4.69, 9.17) is 5.41 Å². The molecule has 0 heterocycles. The number of nitrogens with one attached hydrogen (secondary N) is 2. The van der Waals surface area contributed by atoms with Crippen LogP contribution >= 0.6 is 0 Å². The zero-order chi connectivity index (χ0) is 18.5. The van der Waals surface area contributed by atoms with Gasteiger partial charge in [-0.15, -0.1) is 0 Å². The molecule has 3 heteroatoms. The summed E-state index contributed by atoms with van der Waals surface area (Å²) in [6, 6.07) is 26.7. The van der Waals surface area contributed by atoms with Crippen molar-refractivity contribution in [1.29, 1.82) is 5.41 Å². The van der Waals surface area contributed by atoms with Gasteiger partial charge in [-0.05, 0) is 50.6 Å². The number of benzene rings is 3. The summed E-state index contributed by atoms with van der Waals surface area (Å²) in [5.74, 6) is 0.356. The summed E-state index contributed by atoms with van der Waals surface area (Å²) in [5.41, 5.74) is 5.49. The Morgan fingerprint density at radius 3 is 1.92 bits per heavy atom. The minimum atomic E-state index is 0.0318. The second-order valence-electron chi connectivity index (χ2n) is 6.63. The van der Waals surface area contributed by atoms with Crippen LogP contribution in [-0.2, 0) is 0 Å². The monoisotopic (exact) mass is 343 g/mol. The maximum Gasteiger partial charge on any atom is 0.200 e. The normalized spacial score (nSPS) is 11.7. The minimum Gasteiger partial charge on any atom is -0.326 e. The van der Waals surface area contributed by atoms with E-state index in [0.29, 0.717) is 5.96 Å². The van der Waals surface area contributed by atoms with Gasteiger partial charge in [0.15, 0.2) is 0 Å². The number of nitrogens with zero attached hydrogens (tertiary/aromatic N) is 1. The van der Waals surface area contributed by atoms with Crippen molar-refractivity contribution < 1.29 is 0 Å². The van der Waals surface area contributed by atoms with E-state index in [2.05, 4.69) is 62.5 Å². The van der Waals surface area contributed by atoms with E-state index in [0.717, 1.165) is 11.4 Å². The highest BCUT2D eigenvalue weighted by Crippen LogP contribution is 2.28. The number of hydrogen-bond acceptors (Lipinski definition) is 1. The summed E-state index contributed by atoms with van der Waals surface area (Å²) >= 11 is 0. The van der Waals surface area contributed by atoms with Crippen molar-refractivity contribution in [3.05, 3.63) is 95.6 Å². The van der Waals surface area contributed by atoms with Gasteiger partial charge in [-0.3, -0.25) is 5.41 Å². The first kappa shape index (κ1) is 17.7. The lowest BCUT2D eigenvalue weighted by Gasteiger charge is -2.32. The van der Waals surface area contributed by atoms with Crippen molar-refractivity contribution in [3.8, 4) is 0 Å². The van der Waals surface area contributed by atoms with Crippen LogP contribution in [0.1, 0.15) is 29.7 Å². The maximum absolute atomic E-state index is 8.72. The third-order valence-electron chi connectivity index (χ3n) is 4.54. The molecule has 132 valence electrons. The molecule has 0 aromatic heterocycles. The summed E-state index contributed by atoms with van der Waals surface area (Å²) < 4.78 is 0. The zero-order valence-electron chi connectivity index (χ0n) is 15.5. The number of anilines is 2. The first-order valence-corrected chi connectivity index (χ1v) is 8.87. The third-order valence-corrected chi connectivity index (χ3v) is 4.54. The Labute approximate surface area is 155 Å². The topological polar surface area (TPSA) is 39.1 Å². The maximum atomic E-state index is 8.72. The molecule has 0 amide bonds. The summed E-state index contributed by atoms with van der Waals surface area (Å²) in [5, 5.41) is 12.0. The molecule has 3 nitrogen and oxygen atoms in total. The van der Waals surface area contributed by atoms with Crippen LogP contribution < -0.4 is 10.2 Å². The molecule has 26 heavy (non-hydrogen) atoms. The van der Waals surface area contributed by atoms with E-state index in [1.807, 2.05) is 47.4 Å². The first-order valence-electron chi connectivity index (χ1n) is 8.87. The summed E-state index contributed by atoms with van der Waals surface area (Å²) in [6.07, 6.45) is 0. The van der Waals surface area contributed by atoms with Gasteiger partial charge in [0.1, 0.15) is 0 Å². The van der Waals surface area contributed by atoms with Crippen LogP contribution in [0.4, 0.5) is 11.4 Å². The van der Waals surface area contributed by atoms with E-state index in [9.17, 15) is 0 Å². The molecule has 0 saturated carbocycles. The van der Waals surface area contributed by atoms with E-state index in [1.165, 1.54) is 16.7 Å². The summed E-state index contributed by atoms with van der Waals surface area (Å²) in [4.78, 5) is 2.02. The second-order valence-corrected chi connectivity index (χ2v) is 6.63. The van der Waals surface area contributed by atoms with Gasteiger partial charge < -0.3 is 10.2 Å². The molecule has 1 atom stereocenters. The Morgan fingerprint density at radius 1 is 0.808 bits per heavy atom. The molecule has 3 aromatic carbocycles. The number of rotatable bonds is 4. The molecule has 0 aliphatic carbocycles. The van der Waals surface area contributed by atoms with Crippen molar-refractivity contribution in [2.24, 2.45) is 0 Å². The van der Waals surface area contributed by atoms with E-state index in [1.54, 1.807) is 0 Å². The van der Waals surface area contributed by atoms with Crippen LogP contribution in [-0.4, -0.2) is 5.96 Å². The highest BCUT2D eigenvalue weighted by molar-refractivity contribution is 6.03. The van der Waals surface area contributed by atoms with Gasteiger partial charge in [0, 0.05) is 11.4 Å². The fourth-order valence-corrected chi connectivity index (χ4v) is 2.97. The van der Waals surface area contributed by atoms with E-state index in [-0.39, 0.29) is 6.04 Å². The Bertz CT molecular complexity index is 852. The van der Waals surface area contributed by atoms with Gasteiger partial charge >= 0.3 is 0 Å². The molecule has 0 aliphatic rings. The summed E-state index contributed by atoms with van der Waals surface area (Å²) in [7, 11) is 0. The Kier molecular flexibility index (Phi) is 5.37. The quantitative estimate of drug-likeness (QED) is 0.456. The Morgan fingerprint density at radius 2 is 1.35 bits per heavy atom. The molecule has 3 rings (SSSR count). The van der Waals surface area contributed by atoms with Crippen LogP contribution in [0.3, 0.4) is 0 Å². The molecule has 0 aliphatic heterocycles. The van der Waals surface area contributed by atoms with E-state index >= 15 is 0 Å². The van der Waals surface area contributed by atoms with Crippen molar-refractivity contribution in [2.75, 3.05) is 10.2 Å². The van der Waals surface area contributed by atoms with Crippen LogP contribution in [0, 0.1) is 19.3 Å². The number of hydrogen-bond donors (Lipinski definition) is 2. The molecular formula is C23H25N3. The number of aryl methyl sites for hydroxylation is 2. The molecule has 2 N–H and O–H groups in total. The van der Waals surface area contributed by atoms with Crippen LogP contribution in [0.5, 0.6) is 0 Å². The molecule has 0 fully saturated rings. The minimum absolute atomic E-state index is 0.0318. The molecule has 3 aromatic rings. The van der Waals surface area contributed by atoms with E-state index < -0.39 is 0 Å². The Hall–Kier alpha value is -3.07. The van der Waals surface area contributed by atoms with Crippen molar-refractivity contribution in [1.82, 2.24) is 0 Å². The standard InChI is InChI=1S/C23H25N3/c1-17-9-13-21(14-10-17)25-23(24)26(22-15-11-18(2)12-16-22)19(3)20-7-5-4-6-8-20/h4-16,19H,1-3H3,(H2,24,25)/t19-/m0/s1. The first-order chi connectivity index (χ1) is 12.5. The highest BCUT2D eigenvalue weighted by Gasteiger charge is 2.21. The lowest BCUT2D eigenvalue weighted by molar-refractivity contribution is 0.787. The predicted octanol–water partition coefficient (Wildman–Crippen LogP) is 5.92. The molecular weight excluding hydrogens is 318 g/mol.